The summed E-state index contributed by atoms with van der Waals surface area (Å²) in [6, 6.07) is 10.5. The molecule has 1 amide bonds. The average molecular weight is 406 g/mol. The second-order valence-corrected chi connectivity index (χ2v) is 6.34. The number of anilines is 2. The fraction of sp³-hybridized carbons (Fsp3) is 0.150. The van der Waals surface area contributed by atoms with Gasteiger partial charge in [-0.3, -0.25) is 4.79 Å². The molecule has 0 bridgehead atoms. The van der Waals surface area contributed by atoms with E-state index in [-0.39, 0.29) is 5.82 Å². The molecule has 0 saturated heterocycles. The normalized spacial score (nSPS) is 11.8. The maximum atomic E-state index is 12.7. The Hall–Kier alpha value is -4.21. The summed E-state index contributed by atoms with van der Waals surface area (Å²) in [5, 5.41) is 5.75. The third-order valence-electron chi connectivity index (χ3n) is 4.30. The number of imidazole rings is 1. The number of nitrogens with zero attached hydrogens (tertiary/aromatic N) is 3. The van der Waals surface area contributed by atoms with Crippen molar-refractivity contribution in [3.05, 3.63) is 66.6 Å². The number of ether oxygens (including phenoxy) is 1. The zero-order chi connectivity index (χ0) is 20.9. The molecule has 10 heteroatoms. The molecule has 0 aliphatic heterocycles. The molecule has 4 rings (SSSR count). The van der Waals surface area contributed by atoms with Crippen molar-refractivity contribution in [3.63, 3.8) is 0 Å². The van der Waals surface area contributed by atoms with Crippen LogP contribution in [-0.4, -0.2) is 37.9 Å². The number of H-pyrrole nitrogens is 1. The summed E-state index contributed by atoms with van der Waals surface area (Å²) in [4.78, 5) is 40.0. The number of amides is 1. The fourth-order valence-corrected chi connectivity index (χ4v) is 2.77. The fourth-order valence-electron chi connectivity index (χ4n) is 2.77. The van der Waals surface area contributed by atoms with Gasteiger partial charge in [-0.15, -0.1) is 0 Å². The molecule has 0 aliphatic carbocycles. The first kappa shape index (κ1) is 19.1. The molecule has 30 heavy (non-hydrogen) atoms. The van der Waals surface area contributed by atoms with Crippen molar-refractivity contribution < 1.29 is 18.7 Å². The number of aromatic nitrogens is 4. The average Bonchev–Trinajstić information content (AvgIpc) is 3.44. The van der Waals surface area contributed by atoms with Gasteiger partial charge in [0, 0.05) is 5.69 Å². The SMILES string of the molecule is C[C@H](OC(=O)c1ccccc1NCc1ccco1)C(=O)Nc1ncnc2nc[nH]c12. The van der Waals surface area contributed by atoms with E-state index < -0.39 is 18.0 Å². The summed E-state index contributed by atoms with van der Waals surface area (Å²) in [6.45, 7) is 1.89. The molecular weight excluding hydrogens is 388 g/mol. The lowest BCUT2D eigenvalue weighted by molar-refractivity contribution is -0.123. The number of rotatable bonds is 7. The molecule has 1 aromatic carbocycles. The van der Waals surface area contributed by atoms with E-state index >= 15 is 0 Å². The number of esters is 1. The largest absolute Gasteiger partial charge is 0.467 e. The van der Waals surface area contributed by atoms with Gasteiger partial charge < -0.3 is 24.8 Å². The number of carbonyl (C=O) groups is 2. The van der Waals surface area contributed by atoms with E-state index in [1.165, 1.54) is 19.6 Å². The van der Waals surface area contributed by atoms with E-state index in [4.69, 9.17) is 9.15 Å². The lowest BCUT2D eigenvalue weighted by atomic mass is 10.1. The van der Waals surface area contributed by atoms with Gasteiger partial charge in [0.2, 0.25) is 0 Å². The van der Waals surface area contributed by atoms with Gasteiger partial charge in [-0.2, -0.15) is 0 Å². The molecule has 4 aromatic rings. The van der Waals surface area contributed by atoms with Crippen LogP contribution in [0.25, 0.3) is 11.2 Å². The second-order valence-electron chi connectivity index (χ2n) is 6.34. The third-order valence-corrected chi connectivity index (χ3v) is 4.30. The van der Waals surface area contributed by atoms with Crippen molar-refractivity contribution in [2.24, 2.45) is 0 Å². The molecule has 0 radical (unpaired) electrons. The van der Waals surface area contributed by atoms with Gasteiger partial charge in [-0.05, 0) is 31.2 Å². The Bertz CT molecular complexity index is 1170. The van der Waals surface area contributed by atoms with Crippen molar-refractivity contribution in [2.75, 3.05) is 10.6 Å². The van der Waals surface area contributed by atoms with Crippen LogP contribution in [0, 0.1) is 0 Å². The Labute approximate surface area is 170 Å². The molecule has 3 heterocycles. The maximum Gasteiger partial charge on any atom is 0.341 e. The summed E-state index contributed by atoms with van der Waals surface area (Å²) in [6.07, 6.45) is 3.26. The first-order chi connectivity index (χ1) is 14.6. The molecular formula is C20H18N6O4. The van der Waals surface area contributed by atoms with E-state index in [1.54, 1.807) is 36.6 Å². The third kappa shape index (κ3) is 4.12. The number of aromatic amines is 1. The summed E-state index contributed by atoms with van der Waals surface area (Å²) < 4.78 is 10.6. The first-order valence-corrected chi connectivity index (χ1v) is 9.13. The molecule has 152 valence electrons. The highest BCUT2D eigenvalue weighted by molar-refractivity contribution is 6.01. The van der Waals surface area contributed by atoms with Gasteiger partial charge in [-0.25, -0.2) is 19.7 Å². The van der Waals surface area contributed by atoms with Crippen molar-refractivity contribution in [1.82, 2.24) is 19.9 Å². The number of fused-ring (bicyclic) bond motifs is 1. The summed E-state index contributed by atoms with van der Waals surface area (Å²) in [7, 11) is 0. The zero-order valence-electron chi connectivity index (χ0n) is 16.0. The van der Waals surface area contributed by atoms with Crippen LogP contribution >= 0.6 is 0 Å². The minimum atomic E-state index is -1.05. The first-order valence-electron chi connectivity index (χ1n) is 9.13. The van der Waals surface area contributed by atoms with Crippen LogP contribution in [0.15, 0.2) is 59.7 Å². The van der Waals surface area contributed by atoms with Gasteiger partial charge in [0.1, 0.15) is 17.6 Å². The number of hydrogen-bond acceptors (Lipinski definition) is 8. The quantitative estimate of drug-likeness (QED) is 0.399. The predicted molar refractivity (Wildman–Crippen MR) is 108 cm³/mol. The topological polar surface area (TPSA) is 135 Å². The highest BCUT2D eigenvalue weighted by Crippen LogP contribution is 2.19. The van der Waals surface area contributed by atoms with Crippen molar-refractivity contribution in [3.8, 4) is 0 Å². The Morgan fingerprint density at radius 2 is 2.03 bits per heavy atom. The number of nitrogens with one attached hydrogen (secondary N) is 3. The molecule has 0 fully saturated rings. The summed E-state index contributed by atoms with van der Waals surface area (Å²) >= 11 is 0. The van der Waals surface area contributed by atoms with E-state index in [2.05, 4.69) is 30.6 Å². The second kappa shape index (κ2) is 8.43. The van der Waals surface area contributed by atoms with Gasteiger partial charge in [0.05, 0.1) is 24.7 Å². The Balaban J connectivity index is 1.42. The summed E-state index contributed by atoms with van der Waals surface area (Å²) in [5.41, 5.74) is 1.78. The van der Waals surface area contributed by atoms with Crippen LogP contribution < -0.4 is 10.6 Å². The van der Waals surface area contributed by atoms with Crippen LogP contribution in [0.3, 0.4) is 0 Å². The highest BCUT2D eigenvalue weighted by atomic mass is 16.5. The summed E-state index contributed by atoms with van der Waals surface area (Å²) in [5.74, 6) is -0.180. The van der Waals surface area contributed by atoms with Gasteiger partial charge in [-0.1, -0.05) is 12.1 Å². The van der Waals surface area contributed by atoms with Gasteiger partial charge in [0.15, 0.2) is 17.6 Å². The molecule has 0 spiro atoms. The lowest BCUT2D eigenvalue weighted by Gasteiger charge is -2.15. The number of carbonyl (C=O) groups excluding carboxylic acids is 2. The molecule has 3 aromatic heterocycles. The highest BCUT2D eigenvalue weighted by Gasteiger charge is 2.22. The van der Waals surface area contributed by atoms with E-state index in [0.29, 0.717) is 29.0 Å². The minimum Gasteiger partial charge on any atom is -0.467 e. The van der Waals surface area contributed by atoms with Crippen molar-refractivity contribution >= 4 is 34.5 Å². The number of furan rings is 1. The van der Waals surface area contributed by atoms with E-state index in [1.807, 2.05) is 6.07 Å². The van der Waals surface area contributed by atoms with Crippen LogP contribution in [-0.2, 0) is 16.1 Å². The number of para-hydroxylation sites is 1. The Morgan fingerprint density at radius 1 is 1.17 bits per heavy atom. The molecule has 1 atom stereocenters. The standard InChI is InChI=1S/C20H18N6O4/c1-12(19(27)26-18-16-17(23-10-22-16)24-11-25-18)30-20(28)14-6-2-3-7-15(14)21-9-13-5-4-8-29-13/h2-8,10-12,21H,9H2,1H3,(H2,22,23,24,25,26,27)/t12-/m0/s1. The predicted octanol–water partition coefficient (Wildman–Crippen LogP) is 2.74. The number of benzene rings is 1. The molecule has 0 unspecified atom stereocenters. The van der Waals surface area contributed by atoms with Crippen LogP contribution in [0.4, 0.5) is 11.5 Å². The molecule has 0 saturated carbocycles. The Kier molecular flexibility index (Phi) is 5.37. The maximum absolute atomic E-state index is 12.7. The lowest BCUT2D eigenvalue weighted by Crippen LogP contribution is -2.30. The van der Waals surface area contributed by atoms with Crippen LogP contribution in [0.1, 0.15) is 23.0 Å². The van der Waals surface area contributed by atoms with Gasteiger partial charge in [0.25, 0.3) is 5.91 Å². The molecule has 0 aliphatic rings. The van der Waals surface area contributed by atoms with Gasteiger partial charge >= 0.3 is 5.97 Å². The van der Waals surface area contributed by atoms with E-state index in [0.717, 1.165) is 5.76 Å². The van der Waals surface area contributed by atoms with Crippen molar-refractivity contribution in [2.45, 2.75) is 19.6 Å². The van der Waals surface area contributed by atoms with Crippen molar-refractivity contribution in [1.29, 1.82) is 0 Å². The van der Waals surface area contributed by atoms with Crippen LogP contribution in [0.2, 0.25) is 0 Å². The number of hydrogen-bond donors (Lipinski definition) is 3. The zero-order valence-corrected chi connectivity index (χ0v) is 16.0. The minimum absolute atomic E-state index is 0.255. The molecule has 3 N–H and O–H groups in total. The monoisotopic (exact) mass is 406 g/mol. The smallest absolute Gasteiger partial charge is 0.341 e. The van der Waals surface area contributed by atoms with Crippen LogP contribution in [0.5, 0.6) is 0 Å². The Morgan fingerprint density at radius 3 is 2.87 bits per heavy atom. The van der Waals surface area contributed by atoms with E-state index in [9.17, 15) is 9.59 Å². The molecule has 10 nitrogen and oxygen atoms in total.